The number of hydrogen-bond acceptors (Lipinski definition) is 5. The number of carbonyl (C=O) groups excluding carboxylic acids is 1. The summed E-state index contributed by atoms with van der Waals surface area (Å²) in [6.45, 7) is 3.65. The van der Waals surface area contributed by atoms with Crippen molar-refractivity contribution in [1.29, 1.82) is 0 Å². The van der Waals surface area contributed by atoms with Crippen LogP contribution in [0, 0.1) is 0 Å². The van der Waals surface area contributed by atoms with Gasteiger partial charge in [-0.25, -0.2) is 4.79 Å². The van der Waals surface area contributed by atoms with E-state index in [2.05, 4.69) is 4.90 Å². The summed E-state index contributed by atoms with van der Waals surface area (Å²) >= 11 is 0. The van der Waals surface area contributed by atoms with Gasteiger partial charge in [-0.15, -0.1) is 0 Å². The van der Waals surface area contributed by atoms with Gasteiger partial charge in [0.25, 0.3) is 0 Å². The van der Waals surface area contributed by atoms with Crippen LogP contribution in [-0.4, -0.2) is 38.9 Å². The number of esters is 1. The number of carbonyl (C=O) groups is 1. The Labute approximate surface area is 113 Å². The first-order valence-corrected chi connectivity index (χ1v) is 6.50. The van der Waals surface area contributed by atoms with E-state index in [0.717, 1.165) is 25.3 Å². The zero-order valence-corrected chi connectivity index (χ0v) is 11.4. The molecule has 0 spiro atoms. The minimum atomic E-state index is -0.340. The van der Waals surface area contributed by atoms with Crippen molar-refractivity contribution in [2.45, 2.75) is 19.4 Å². The average molecular weight is 264 g/mol. The molecule has 1 unspecified atom stereocenters. The van der Waals surface area contributed by atoms with Gasteiger partial charge >= 0.3 is 5.97 Å². The van der Waals surface area contributed by atoms with E-state index in [9.17, 15) is 4.79 Å². The molecule has 2 rings (SSSR count). The fourth-order valence-electron chi connectivity index (χ4n) is 2.24. The molecule has 2 N–H and O–H groups in total. The van der Waals surface area contributed by atoms with E-state index >= 15 is 0 Å². The molecular formula is C14H20N2O3. The van der Waals surface area contributed by atoms with Crippen molar-refractivity contribution >= 4 is 17.3 Å². The van der Waals surface area contributed by atoms with Crippen molar-refractivity contribution in [3.05, 3.63) is 23.8 Å². The second-order valence-corrected chi connectivity index (χ2v) is 4.62. The average Bonchev–Trinajstić information content (AvgIpc) is 2.92. The van der Waals surface area contributed by atoms with Crippen LogP contribution >= 0.6 is 0 Å². The molecule has 1 saturated heterocycles. The monoisotopic (exact) mass is 264 g/mol. The SMILES string of the molecule is CCOC(=O)c1ccc(N(C)C2CCOC2)c(N)c1. The van der Waals surface area contributed by atoms with E-state index in [0.29, 0.717) is 23.9 Å². The second-order valence-electron chi connectivity index (χ2n) is 4.62. The zero-order chi connectivity index (χ0) is 13.8. The molecule has 5 heteroatoms. The number of likely N-dealkylation sites (N-methyl/N-ethyl adjacent to an activating group) is 1. The van der Waals surface area contributed by atoms with E-state index in [-0.39, 0.29) is 5.97 Å². The highest BCUT2D eigenvalue weighted by atomic mass is 16.5. The van der Waals surface area contributed by atoms with E-state index in [1.807, 2.05) is 13.1 Å². The predicted octanol–water partition coefficient (Wildman–Crippen LogP) is 1.67. The molecule has 0 radical (unpaired) electrons. The molecule has 0 aliphatic carbocycles. The Hall–Kier alpha value is -1.75. The molecule has 19 heavy (non-hydrogen) atoms. The summed E-state index contributed by atoms with van der Waals surface area (Å²) in [6.07, 6.45) is 0.996. The smallest absolute Gasteiger partial charge is 0.338 e. The van der Waals surface area contributed by atoms with Gasteiger partial charge in [-0.2, -0.15) is 0 Å². The van der Waals surface area contributed by atoms with Crippen molar-refractivity contribution in [2.24, 2.45) is 0 Å². The molecule has 1 aromatic rings. The van der Waals surface area contributed by atoms with Gasteiger partial charge < -0.3 is 20.1 Å². The van der Waals surface area contributed by atoms with Crippen molar-refractivity contribution in [2.75, 3.05) is 37.5 Å². The first-order chi connectivity index (χ1) is 9.13. The summed E-state index contributed by atoms with van der Waals surface area (Å²) in [5, 5.41) is 0. The van der Waals surface area contributed by atoms with Crippen LogP contribution in [0.15, 0.2) is 18.2 Å². The summed E-state index contributed by atoms with van der Waals surface area (Å²) in [6, 6.07) is 5.62. The van der Waals surface area contributed by atoms with Gasteiger partial charge in [-0.3, -0.25) is 0 Å². The lowest BCUT2D eigenvalue weighted by atomic mass is 10.1. The Bertz CT molecular complexity index is 456. The van der Waals surface area contributed by atoms with Gasteiger partial charge in [-0.05, 0) is 31.5 Å². The van der Waals surface area contributed by atoms with Crippen molar-refractivity contribution < 1.29 is 14.3 Å². The number of nitrogen functional groups attached to an aromatic ring is 1. The van der Waals surface area contributed by atoms with Gasteiger partial charge in [0, 0.05) is 13.7 Å². The molecule has 0 bridgehead atoms. The lowest BCUT2D eigenvalue weighted by Gasteiger charge is -2.26. The van der Waals surface area contributed by atoms with Crippen LogP contribution in [0.2, 0.25) is 0 Å². The van der Waals surface area contributed by atoms with Gasteiger partial charge in [0.1, 0.15) is 0 Å². The summed E-state index contributed by atoms with van der Waals surface area (Å²) in [5.74, 6) is -0.340. The number of hydrogen-bond donors (Lipinski definition) is 1. The largest absolute Gasteiger partial charge is 0.462 e. The van der Waals surface area contributed by atoms with Crippen molar-refractivity contribution in [1.82, 2.24) is 0 Å². The minimum Gasteiger partial charge on any atom is -0.462 e. The molecule has 1 heterocycles. The highest BCUT2D eigenvalue weighted by molar-refractivity contribution is 5.92. The van der Waals surface area contributed by atoms with Crippen molar-refractivity contribution in [3.63, 3.8) is 0 Å². The van der Waals surface area contributed by atoms with Crippen LogP contribution in [-0.2, 0) is 9.47 Å². The maximum atomic E-state index is 11.6. The fraction of sp³-hybridized carbons (Fsp3) is 0.500. The minimum absolute atomic E-state index is 0.340. The number of nitrogens with two attached hydrogens (primary N) is 1. The molecule has 1 aliphatic heterocycles. The molecule has 5 nitrogen and oxygen atoms in total. The standard InChI is InChI=1S/C14H20N2O3/c1-3-19-14(17)10-4-5-13(12(15)8-10)16(2)11-6-7-18-9-11/h4-5,8,11H,3,6-7,9,15H2,1-2H3. The summed E-state index contributed by atoms with van der Waals surface area (Å²) in [7, 11) is 2.00. The highest BCUT2D eigenvalue weighted by Gasteiger charge is 2.22. The molecule has 1 aliphatic rings. The van der Waals surface area contributed by atoms with Gasteiger partial charge in [0.15, 0.2) is 0 Å². The van der Waals surface area contributed by atoms with Crippen LogP contribution in [0.5, 0.6) is 0 Å². The number of ether oxygens (including phenoxy) is 2. The molecule has 1 atom stereocenters. The van der Waals surface area contributed by atoms with E-state index in [1.54, 1.807) is 19.1 Å². The summed E-state index contributed by atoms with van der Waals surface area (Å²) in [5.41, 5.74) is 8.02. The normalized spacial score (nSPS) is 18.3. The molecule has 0 aromatic heterocycles. The Balaban J connectivity index is 2.16. The van der Waals surface area contributed by atoms with Crippen LogP contribution in [0.3, 0.4) is 0 Å². The molecule has 1 aromatic carbocycles. The molecule has 1 fully saturated rings. The third-order valence-corrected chi connectivity index (χ3v) is 3.37. The Morgan fingerprint density at radius 3 is 2.95 bits per heavy atom. The summed E-state index contributed by atoms with van der Waals surface area (Å²) in [4.78, 5) is 13.7. The van der Waals surface area contributed by atoms with E-state index in [4.69, 9.17) is 15.2 Å². The summed E-state index contributed by atoms with van der Waals surface area (Å²) < 4.78 is 10.3. The van der Waals surface area contributed by atoms with Gasteiger partial charge in [0.2, 0.25) is 0 Å². The number of anilines is 2. The fourth-order valence-corrected chi connectivity index (χ4v) is 2.24. The zero-order valence-electron chi connectivity index (χ0n) is 11.4. The third kappa shape index (κ3) is 2.98. The first-order valence-electron chi connectivity index (χ1n) is 6.50. The maximum absolute atomic E-state index is 11.6. The molecule has 0 amide bonds. The van der Waals surface area contributed by atoms with Crippen LogP contribution in [0.1, 0.15) is 23.7 Å². The lowest BCUT2D eigenvalue weighted by Crippen LogP contribution is -2.32. The first kappa shape index (κ1) is 13.7. The molecular weight excluding hydrogens is 244 g/mol. The molecule has 104 valence electrons. The predicted molar refractivity (Wildman–Crippen MR) is 74.4 cm³/mol. The number of rotatable bonds is 4. The van der Waals surface area contributed by atoms with Gasteiger partial charge in [-0.1, -0.05) is 0 Å². The highest BCUT2D eigenvalue weighted by Crippen LogP contribution is 2.27. The van der Waals surface area contributed by atoms with E-state index in [1.165, 1.54) is 0 Å². The van der Waals surface area contributed by atoms with Crippen LogP contribution in [0.25, 0.3) is 0 Å². The van der Waals surface area contributed by atoms with Crippen LogP contribution in [0.4, 0.5) is 11.4 Å². The Morgan fingerprint density at radius 2 is 2.37 bits per heavy atom. The maximum Gasteiger partial charge on any atom is 0.338 e. The lowest BCUT2D eigenvalue weighted by molar-refractivity contribution is 0.0526. The van der Waals surface area contributed by atoms with Crippen LogP contribution < -0.4 is 10.6 Å². The topological polar surface area (TPSA) is 64.8 Å². The second kappa shape index (κ2) is 5.93. The van der Waals surface area contributed by atoms with Crippen molar-refractivity contribution in [3.8, 4) is 0 Å². The van der Waals surface area contributed by atoms with Gasteiger partial charge in [0.05, 0.1) is 36.2 Å². The number of nitrogens with zero attached hydrogens (tertiary/aromatic N) is 1. The molecule has 0 saturated carbocycles. The van der Waals surface area contributed by atoms with E-state index < -0.39 is 0 Å². The third-order valence-electron chi connectivity index (χ3n) is 3.37. The quantitative estimate of drug-likeness (QED) is 0.662. The number of benzene rings is 1. The Morgan fingerprint density at radius 1 is 1.58 bits per heavy atom. The Kier molecular flexibility index (Phi) is 4.27.